The summed E-state index contributed by atoms with van der Waals surface area (Å²) in [5, 5.41) is 20.7. The number of rotatable bonds is 11. The molecule has 0 aliphatic carbocycles. The summed E-state index contributed by atoms with van der Waals surface area (Å²) in [7, 11) is 0. The highest BCUT2D eigenvalue weighted by Crippen LogP contribution is 2.46. The number of ketones is 1. The van der Waals surface area contributed by atoms with Crippen LogP contribution in [0.3, 0.4) is 0 Å². The fourth-order valence-corrected chi connectivity index (χ4v) is 7.52. The molecule has 10 nitrogen and oxygen atoms in total. The van der Waals surface area contributed by atoms with Gasteiger partial charge in [-0.25, -0.2) is 0 Å². The van der Waals surface area contributed by atoms with Crippen LogP contribution in [0, 0.1) is 6.92 Å². The molecule has 0 radical (unpaired) electrons. The highest BCUT2D eigenvalue weighted by atomic mass is 32.2. The lowest BCUT2D eigenvalue weighted by Crippen LogP contribution is -2.29. The van der Waals surface area contributed by atoms with Gasteiger partial charge in [-0.2, -0.15) is 0 Å². The summed E-state index contributed by atoms with van der Waals surface area (Å²) in [6.07, 6.45) is 0. The Bertz CT molecular complexity index is 2060. The lowest BCUT2D eigenvalue weighted by molar-refractivity contribution is -0.132. The fraction of sp³-hybridized carbons (Fsp3) is 0.211. The standard InChI is InChI=1S/C38H33N3O7S2/c1-3-45-30-19-26(13-15-29(30)48-21-24-7-5-4-6-8-24)33-32(34(42)27-14-16-28-31(20-27)47-18-17-46-28)35(43)36(44)41(33)37-39-40-38(50-37)49-22-25-11-9-23(2)10-12-25/h4-16,19-20,33,42H,3,17-18,21-22H2,1-2H3/b34-32+. The largest absolute Gasteiger partial charge is 0.507 e. The molecule has 1 unspecified atom stereocenters. The van der Waals surface area contributed by atoms with Crippen LogP contribution in [0.5, 0.6) is 23.0 Å². The van der Waals surface area contributed by atoms with Gasteiger partial charge in [0.1, 0.15) is 25.6 Å². The first-order valence-electron chi connectivity index (χ1n) is 16.1. The summed E-state index contributed by atoms with van der Waals surface area (Å²) in [5.74, 6) is 0.506. The number of Topliss-reactive ketones (excluding diaryl/α,β-unsaturated/α-hetero) is 1. The Morgan fingerprint density at radius 2 is 1.68 bits per heavy atom. The number of hydrogen-bond acceptors (Lipinski definition) is 11. The first-order chi connectivity index (χ1) is 24.4. The molecular weight excluding hydrogens is 675 g/mol. The topological polar surface area (TPSA) is 120 Å². The summed E-state index contributed by atoms with van der Waals surface area (Å²) < 4.78 is 24.1. The van der Waals surface area contributed by atoms with E-state index in [0.29, 0.717) is 70.6 Å². The molecule has 1 aromatic heterocycles. The molecule has 3 heterocycles. The van der Waals surface area contributed by atoms with Crippen LogP contribution >= 0.6 is 23.1 Å². The van der Waals surface area contributed by atoms with Crippen LogP contribution in [-0.2, 0) is 21.9 Å². The molecule has 1 saturated heterocycles. The maximum absolute atomic E-state index is 13.9. The third-order valence-corrected chi connectivity index (χ3v) is 10.3. The molecule has 1 N–H and O–H groups in total. The molecule has 12 heteroatoms. The molecule has 7 rings (SSSR count). The average Bonchev–Trinajstić information content (AvgIpc) is 3.72. The number of aryl methyl sites for hydroxylation is 1. The number of benzene rings is 4. The molecule has 4 aromatic carbocycles. The van der Waals surface area contributed by atoms with Gasteiger partial charge >= 0.3 is 5.91 Å². The van der Waals surface area contributed by atoms with Gasteiger partial charge in [0.25, 0.3) is 5.78 Å². The Morgan fingerprint density at radius 3 is 2.46 bits per heavy atom. The number of carbonyl (C=O) groups excluding carboxylic acids is 2. The van der Waals surface area contributed by atoms with Gasteiger partial charge in [0.2, 0.25) is 5.13 Å². The van der Waals surface area contributed by atoms with E-state index in [1.807, 2.05) is 44.2 Å². The number of aliphatic hydroxyl groups excluding tert-OH is 1. The quantitative estimate of drug-likeness (QED) is 0.0486. The van der Waals surface area contributed by atoms with Crippen LogP contribution in [-0.4, -0.2) is 46.8 Å². The number of hydrogen-bond donors (Lipinski definition) is 1. The fourth-order valence-electron chi connectivity index (χ4n) is 5.70. The van der Waals surface area contributed by atoms with Crippen LogP contribution in [0.1, 0.15) is 40.8 Å². The maximum Gasteiger partial charge on any atom is 0.301 e. The van der Waals surface area contributed by atoms with Crippen molar-refractivity contribution in [1.29, 1.82) is 0 Å². The minimum absolute atomic E-state index is 0.101. The van der Waals surface area contributed by atoms with E-state index in [1.165, 1.54) is 33.6 Å². The summed E-state index contributed by atoms with van der Waals surface area (Å²) in [5.41, 5.74) is 4.00. The molecule has 5 aromatic rings. The van der Waals surface area contributed by atoms with Gasteiger partial charge in [-0.05, 0) is 60.9 Å². The number of nitrogens with zero attached hydrogens (tertiary/aromatic N) is 3. The smallest absolute Gasteiger partial charge is 0.301 e. The minimum Gasteiger partial charge on any atom is -0.507 e. The van der Waals surface area contributed by atoms with Crippen molar-refractivity contribution in [2.75, 3.05) is 24.7 Å². The number of anilines is 1. The molecule has 2 aliphatic rings. The zero-order chi connectivity index (χ0) is 34.6. The van der Waals surface area contributed by atoms with Crippen molar-refractivity contribution in [1.82, 2.24) is 10.2 Å². The van der Waals surface area contributed by atoms with E-state index in [1.54, 1.807) is 36.4 Å². The molecular formula is C38H33N3O7S2. The van der Waals surface area contributed by atoms with Gasteiger partial charge in [-0.1, -0.05) is 89.3 Å². The van der Waals surface area contributed by atoms with Crippen molar-refractivity contribution in [3.8, 4) is 23.0 Å². The predicted molar refractivity (Wildman–Crippen MR) is 191 cm³/mol. The summed E-state index contributed by atoms with van der Waals surface area (Å²) in [6, 6.07) is 27.1. The summed E-state index contributed by atoms with van der Waals surface area (Å²) in [4.78, 5) is 29.1. The molecule has 254 valence electrons. The molecule has 0 bridgehead atoms. The van der Waals surface area contributed by atoms with Crippen LogP contribution in [0.2, 0.25) is 0 Å². The molecule has 50 heavy (non-hydrogen) atoms. The van der Waals surface area contributed by atoms with E-state index < -0.39 is 17.7 Å². The second-order valence-electron chi connectivity index (χ2n) is 11.6. The van der Waals surface area contributed by atoms with Gasteiger partial charge in [-0.15, -0.1) is 10.2 Å². The van der Waals surface area contributed by atoms with E-state index in [9.17, 15) is 14.7 Å². The Kier molecular flexibility index (Phi) is 9.72. The average molecular weight is 708 g/mol. The van der Waals surface area contributed by atoms with E-state index in [-0.39, 0.29) is 16.5 Å². The Morgan fingerprint density at radius 1 is 0.900 bits per heavy atom. The third-order valence-electron chi connectivity index (χ3n) is 8.17. The van der Waals surface area contributed by atoms with E-state index in [0.717, 1.165) is 11.1 Å². The van der Waals surface area contributed by atoms with Gasteiger partial charge in [-0.3, -0.25) is 14.5 Å². The SMILES string of the molecule is CCOc1cc(C2/C(=C(\O)c3ccc4c(c3)OCCO4)C(=O)C(=O)N2c2nnc(SCc3ccc(C)cc3)s2)ccc1OCc1ccccc1. The zero-order valence-electron chi connectivity index (χ0n) is 27.3. The van der Waals surface area contributed by atoms with E-state index >= 15 is 0 Å². The number of ether oxygens (including phenoxy) is 4. The van der Waals surface area contributed by atoms with Crippen LogP contribution in [0.25, 0.3) is 5.76 Å². The second kappa shape index (κ2) is 14.7. The van der Waals surface area contributed by atoms with Crippen molar-refractivity contribution in [3.05, 3.63) is 124 Å². The van der Waals surface area contributed by atoms with E-state index in [2.05, 4.69) is 34.5 Å². The third kappa shape index (κ3) is 6.89. The van der Waals surface area contributed by atoms with Crippen LogP contribution in [0.15, 0.2) is 101 Å². The summed E-state index contributed by atoms with van der Waals surface area (Å²) in [6.45, 7) is 5.32. The Labute approximate surface area is 297 Å². The number of thioether (sulfide) groups is 1. The predicted octanol–water partition coefficient (Wildman–Crippen LogP) is 7.51. The van der Waals surface area contributed by atoms with Gasteiger partial charge < -0.3 is 24.1 Å². The number of aliphatic hydroxyl groups is 1. The molecule has 1 fully saturated rings. The monoisotopic (exact) mass is 707 g/mol. The number of amides is 1. The Hall–Kier alpha value is -5.33. The lowest BCUT2D eigenvalue weighted by Gasteiger charge is -2.24. The van der Waals surface area contributed by atoms with E-state index in [4.69, 9.17) is 18.9 Å². The molecule has 1 atom stereocenters. The normalized spacial score (nSPS) is 16.4. The Balaban J connectivity index is 1.28. The van der Waals surface area contributed by atoms with Crippen molar-refractivity contribution in [2.24, 2.45) is 0 Å². The first kappa shape index (κ1) is 33.2. The molecule has 2 aliphatic heterocycles. The lowest BCUT2D eigenvalue weighted by atomic mass is 9.95. The van der Waals surface area contributed by atoms with Gasteiger partial charge in [0.15, 0.2) is 27.3 Å². The highest BCUT2D eigenvalue weighted by Gasteiger charge is 2.48. The van der Waals surface area contributed by atoms with Gasteiger partial charge in [0, 0.05) is 11.3 Å². The number of fused-ring (bicyclic) bond motifs is 1. The number of aromatic nitrogens is 2. The number of carbonyl (C=O) groups is 2. The van der Waals surface area contributed by atoms with Crippen LogP contribution < -0.4 is 23.8 Å². The first-order valence-corrected chi connectivity index (χ1v) is 17.9. The van der Waals surface area contributed by atoms with Crippen molar-refractivity contribution in [3.63, 3.8) is 0 Å². The molecule has 0 saturated carbocycles. The highest BCUT2D eigenvalue weighted by molar-refractivity contribution is 8.00. The van der Waals surface area contributed by atoms with Crippen molar-refractivity contribution < 1.29 is 33.6 Å². The van der Waals surface area contributed by atoms with Crippen LogP contribution in [0.4, 0.5) is 5.13 Å². The van der Waals surface area contributed by atoms with Crippen molar-refractivity contribution >= 4 is 45.7 Å². The van der Waals surface area contributed by atoms with Crippen molar-refractivity contribution in [2.45, 2.75) is 36.6 Å². The molecule has 1 amide bonds. The second-order valence-corrected chi connectivity index (χ2v) is 13.7. The zero-order valence-corrected chi connectivity index (χ0v) is 29.0. The van der Waals surface area contributed by atoms with Gasteiger partial charge in [0.05, 0.1) is 18.2 Å². The summed E-state index contributed by atoms with van der Waals surface area (Å²) >= 11 is 2.69. The molecule has 0 spiro atoms. The maximum atomic E-state index is 13.9. The minimum atomic E-state index is -1.05.